The highest BCUT2D eigenvalue weighted by Gasteiger charge is 2.24. The smallest absolute Gasteiger partial charge is 0.177 e. The molecule has 1 saturated carbocycles. The molecule has 0 saturated heterocycles. The van der Waals surface area contributed by atoms with E-state index in [1.54, 1.807) is 12.3 Å². The normalized spacial score (nSPS) is 13.7. The molecule has 5 nitrogen and oxygen atoms in total. The van der Waals surface area contributed by atoms with Gasteiger partial charge in [-0.05, 0) is 73.7 Å². The van der Waals surface area contributed by atoms with Crippen molar-refractivity contribution >= 4 is 27.6 Å². The lowest BCUT2D eigenvalue weighted by molar-refractivity contribution is 0.460. The predicted octanol–water partition coefficient (Wildman–Crippen LogP) is 6.44. The second kappa shape index (κ2) is 7.12. The standard InChI is InChI=1S/C26H21FN4O/c1-14-3-8-22-25(32-31-26(22)29-19-6-7-19)23(14)16-4-9-21-17(12-16)13-28-30-24(21)20-10-5-18(27)11-15(20)2/h3-5,8-13,19H,6-7H2,1-2H3,(H,29,31). The summed E-state index contributed by atoms with van der Waals surface area (Å²) in [6.45, 7) is 3.96. The Labute approximate surface area is 184 Å². The Bertz CT molecular complexity index is 1500. The Balaban J connectivity index is 1.50. The number of fused-ring (bicyclic) bond motifs is 2. The van der Waals surface area contributed by atoms with Crippen LogP contribution in [-0.2, 0) is 0 Å². The highest BCUT2D eigenvalue weighted by atomic mass is 19.1. The third-order valence-electron chi connectivity index (χ3n) is 6.16. The van der Waals surface area contributed by atoms with Crippen molar-refractivity contribution in [2.24, 2.45) is 0 Å². The molecule has 0 atom stereocenters. The topological polar surface area (TPSA) is 63.8 Å². The van der Waals surface area contributed by atoms with Gasteiger partial charge in [0.25, 0.3) is 0 Å². The average molecular weight is 424 g/mol. The van der Waals surface area contributed by atoms with Gasteiger partial charge in [0.1, 0.15) is 11.5 Å². The molecule has 1 fully saturated rings. The molecule has 1 N–H and O–H groups in total. The number of hydrogen-bond acceptors (Lipinski definition) is 5. The first-order valence-corrected chi connectivity index (χ1v) is 10.8. The summed E-state index contributed by atoms with van der Waals surface area (Å²) in [7, 11) is 0. The van der Waals surface area contributed by atoms with Gasteiger partial charge in [-0.25, -0.2) is 4.39 Å². The van der Waals surface area contributed by atoms with Crippen molar-refractivity contribution in [3.05, 3.63) is 71.7 Å². The molecular formula is C26H21FN4O. The number of halogens is 1. The largest absolute Gasteiger partial charge is 0.364 e. The Kier molecular flexibility index (Phi) is 4.21. The van der Waals surface area contributed by atoms with E-state index < -0.39 is 0 Å². The van der Waals surface area contributed by atoms with E-state index in [2.05, 4.69) is 57.9 Å². The number of nitrogens with zero attached hydrogens (tertiary/aromatic N) is 3. The SMILES string of the molecule is Cc1cc(F)ccc1-c1nncc2cc(-c3c(C)ccc4c(NC5CC5)noc34)ccc12. The van der Waals surface area contributed by atoms with Gasteiger partial charge in [-0.1, -0.05) is 23.4 Å². The summed E-state index contributed by atoms with van der Waals surface area (Å²) < 4.78 is 19.4. The summed E-state index contributed by atoms with van der Waals surface area (Å²) in [6, 6.07) is 15.6. The van der Waals surface area contributed by atoms with Gasteiger partial charge in [-0.3, -0.25) is 0 Å². The van der Waals surface area contributed by atoms with Crippen LogP contribution in [-0.4, -0.2) is 21.4 Å². The van der Waals surface area contributed by atoms with E-state index in [4.69, 9.17) is 4.52 Å². The van der Waals surface area contributed by atoms with Crippen molar-refractivity contribution in [2.75, 3.05) is 5.32 Å². The van der Waals surface area contributed by atoms with E-state index in [0.29, 0.717) is 6.04 Å². The summed E-state index contributed by atoms with van der Waals surface area (Å²) >= 11 is 0. The molecule has 2 aromatic heterocycles. The quantitative estimate of drug-likeness (QED) is 0.360. The second-order valence-corrected chi connectivity index (χ2v) is 8.54. The van der Waals surface area contributed by atoms with Gasteiger partial charge < -0.3 is 9.84 Å². The molecule has 1 aliphatic rings. The second-order valence-electron chi connectivity index (χ2n) is 8.54. The fraction of sp³-hybridized carbons (Fsp3) is 0.192. The number of nitrogens with one attached hydrogen (secondary N) is 1. The lowest BCUT2D eigenvalue weighted by Gasteiger charge is -2.11. The fourth-order valence-corrected chi connectivity index (χ4v) is 4.32. The fourth-order valence-electron chi connectivity index (χ4n) is 4.32. The minimum absolute atomic E-state index is 0.257. The molecule has 5 aromatic rings. The van der Waals surface area contributed by atoms with Crippen LogP contribution in [0.3, 0.4) is 0 Å². The molecule has 3 aromatic carbocycles. The number of hydrogen-bond donors (Lipinski definition) is 1. The van der Waals surface area contributed by atoms with Gasteiger partial charge in [0, 0.05) is 27.9 Å². The molecule has 2 heterocycles. The van der Waals surface area contributed by atoms with Crippen LogP contribution in [0.4, 0.5) is 10.2 Å². The highest BCUT2D eigenvalue weighted by Crippen LogP contribution is 2.38. The van der Waals surface area contributed by atoms with Crippen LogP contribution in [0.15, 0.2) is 59.3 Å². The Hall–Kier alpha value is -3.80. The number of benzene rings is 3. The van der Waals surface area contributed by atoms with E-state index in [1.807, 2.05) is 6.92 Å². The molecule has 0 amide bonds. The van der Waals surface area contributed by atoms with E-state index in [0.717, 1.165) is 61.1 Å². The summed E-state index contributed by atoms with van der Waals surface area (Å²) in [4.78, 5) is 0. The first-order chi connectivity index (χ1) is 15.6. The van der Waals surface area contributed by atoms with Gasteiger partial charge in [0.05, 0.1) is 11.6 Å². The van der Waals surface area contributed by atoms with Crippen LogP contribution in [0.25, 0.3) is 44.1 Å². The first kappa shape index (κ1) is 18.9. The zero-order chi connectivity index (χ0) is 21.8. The van der Waals surface area contributed by atoms with Crippen molar-refractivity contribution < 1.29 is 8.91 Å². The Morgan fingerprint density at radius 3 is 2.62 bits per heavy atom. The third kappa shape index (κ3) is 3.11. The molecule has 6 heteroatoms. The lowest BCUT2D eigenvalue weighted by atomic mass is 9.95. The van der Waals surface area contributed by atoms with Crippen LogP contribution >= 0.6 is 0 Å². The van der Waals surface area contributed by atoms with Crippen molar-refractivity contribution in [3.63, 3.8) is 0 Å². The predicted molar refractivity (Wildman–Crippen MR) is 124 cm³/mol. The monoisotopic (exact) mass is 424 g/mol. The number of anilines is 1. The molecule has 0 unspecified atom stereocenters. The molecule has 6 rings (SSSR count). The van der Waals surface area contributed by atoms with Gasteiger partial charge in [0.15, 0.2) is 11.4 Å². The maximum Gasteiger partial charge on any atom is 0.177 e. The minimum Gasteiger partial charge on any atom is -0.364 e. The van der Waals surface area contributed by atoms with Crippen LogP contribution in [0.1, 0.15) is 24.0 Å². The van der Waals surface area contributed by atoms with E-state index in [9.17, 15) is 4.39 Å². The maximum atomic E-state index is 13.6. The van der Waals surface area contributed by atoms with Crippen molar-refractivity contribution in [1.82, 2.24) is 15.4 Å². The van der Waals surface area contributed by atoms with Gasteiger partial charge in [-0.15, -0.1) is 5.10 Å². The highest BCUT2D eigenvalue weighted by molar-refractivity contribution is 6.02. The van der Waals surface area contributed by atoms with Crippen molar-refractivity contribution in [1.29, 1.82) is 0 Å². The summed E-state index contributed by atoms with van der Waals surface area (Å²) in [6.07, 6.45) is 4.11. The van der Waals surface area contributed by atoms with Crippen LogP contribution in [0.2, 0.25) is 0 Å². The first-order valence-electron chi connectivity index (χ1n) is 10.8. The maximum absolute atomic E-state index is 13.6. The molecule has 0 radical (unpaired) electrons. The van der Waals surface area contributed by atoms with E-state index in [-0.39, 0.29) is 5.82 Å². The Morgan fingerprint density at radius 1 is 0.969 bits per heavy atom. The van der Waals surface area contributed by atoms with Gasteiger partial charge >= 0.3 is 0 Å². The molecule has 0 aliphatic heterocycles. The number of aromatic nitrogens is 3. The molecule has 158 valence electrons. The molecular weight excluding hydrogens is 403 g/mol. The van der Waals surface area contributed by atoms with Crippen LogP contribution < -0.4 is 5.32 Å². The molecule has 0 bridgehead atoms. The van der Waals surface area contributed by atoms with Crippen molar-refractivity contribution in [3.8, 4) is 22.4 Å². The Morgan fingerprint density at radius 2 is 1.81 bits per heavy atom. The lowest BCUT2D eigenvalue weighted by Crippen LogP contribution is -2.00. The minimum atomic E-state index is -0.257. The van der Waals surface area contributed by atoms with E-state index in [1.165, 1.54) is 25.0 Å². The van der Waals surface area contributed by atoms with Crippen LogP contribution in [0.5, 0.6) is 0 Å². The third-order valence-corrected chi connectivity index (χ3v) is 6.16. The molecule has 32 heavy (non-hydrogen) atoms. The average Bonchev–Trinajstić information content (AvgIpc) is 3.51. The molecule has 1 aliphatic carbocycles. The zero-order valence-corrected chi connectivity index (χ0v) is 17.8. The summed E-state index contributed by atoms with van der Waals surface area (Å²) in [5.74, 6) is 0.553. The summed E-state index contributed by atoms with van der Waals surface area (Å²) in [5, 5.41) is 19.3. The van der Waals surface area contributed by atoms with Gasteiger partial charge in [-0.2, -0.15) is 5.10 Å². The zero-order valence-electron chi connectivity index (χ0n) is 17.8. The van der Waals surface area contributed by atoms with E-state index >= 15 is 0 Å². The number of aryl methyl sites for hydroxylation is 2. The van der Waals surface area contributed by atoms with Crippen LogP contribution in [0, 0.1) is 19.7 Å². The summed E-state index contributed by atoms with van der Waals surface area (Å²) in [5.41, 5.74) is 6.40. The van der Waals surface area contributed by atoms with Gasteiger partial charge in [0.2, 0.25) is 0 Å². The molecule has 0 spiro atoms. The van der Waals surface area contributed by atoms with Crippen molar-refractivity contribution in [2.45, 2.75) is 32.7 Å². The number of rotatable bonds is 4.